The fourth-order valence-corrected chi connectivity index (χ4v) is 1.38. The Balaban J connectivity index is 2.08. The molecular formula is C11H12N2O3. The Morgan fingerprint density at radius 3 is 3.06 bits per heavy atom. The van der Waals surface area contributed by atoms with E-state index in [1.165, 1.54) is 19.7 Å². The molecule has 0 amide bonds. The average molecular weight is 220 g/mol. The molecule has 0 spiro atoms. The summed E-state index contributed by atoms with van der Waals surface area (Å²) in [5.41, 5.74) is 0.704. The van der Waals surface area contributed by atoms with Gasteiger partial charge in [0.15, 0.2) is 0 Å². The van der Waals surface area contributed by atoms with Crippen LogP contribution in [0.25, 0.3) is 0 Å². The van der Waals surface area contributed by atoms with Gasteiger partial charge in [0, 0.05) is 12.5 Å². The van der Waals surface area contributed by atoms with Crippen LogP contribution in [0.4, 0.5) is 0 Å². The van der Waals surface area contributed by atoms with E-state index in [-0.39, 0.29) is 0 Å². The maximum absolute atomic E-state index is 9.83. The summed E-state index contributed by atoms with van der Waals surface area (Å²) in [5.74, 6) is 1.01. The van der Waals surface area contributed by atoms with Crippen molar-refractivity contribution in [1.82, 2.24) is 9.97 Å². The quantitative estimate of drug-likeness (QED) is 0.842. The van der Waals surface area contributed by atoms with Crippen molar-refractivity contribution in [2.24, 2.45) is 0 Å². The summed E-state index contributed by atoms with van der Waals surface area (Å²) in [7, 11) is 1.54. The van der Waals surface area contributed by atoms with Gasteiger partial charge < -0.3 is 14.3 Å². The van der Waals surface area contributed by atoms with E-state index in [1.807, 2.05) is 0 Å². The van der Waals surface area contributed by atoms with Crippen molar-refractivity contribution >= 4 is 0 Å². The number of rotatable bonds is 4. The normalized spacial score (nSPS) is 12.4. The van der Waals surface area contributed by atoms with Crippen molar-refractivity contribution in [3.63, 3.8) is 0 Å². The van der Waals surface area contributed by atoms with Crippen molar-refractivity contribution in [2.75, 3.05) is 7.11 Å². The van der Waals surface area contributed by atoms with Crippen LogP contribution in [-0.2, 0) is 6.42 Å². The van der Waals surface area contributed by atoms with E-state index < -0.39 is 6.10 Å². The first-order chi connectivity index (χ1) is 7.79. The van der Waals surface area contributed by atoms with Crippen molar-refractivity contribution < 1.29 is 14.3 Å². The first kappa shape index (κ1) is 10.6. The lowest BCUT2D eigenvalue weighted by molar-refractivity contribution is 0.149. The molecule has 0 fully saturated rings. The van der Waals surface area contributed by atoms with Crippen LogP contribution < -0.4 is 4.74 Å². The molecule has 1 N–H and O–H groups in total. The minimum Gasteiger partial charge on any atom is -0.481 e. The summed E-state index contributed by atoms with van der Waals surface area (Å²) >= 11 is 0. The van der Waals surface area contributed by atoms with Gasteiger partial charge in [-0.3, -0.25) is 0 Å². The molecule has 0 saturated heterocycles. The predicted molar refractivity (Wildman–Crippen MR) is 56.0 cm³/mol. The van der Waals surface area contributed by atoms with Gasteiger partial charge in [-0.15, -0.1) is 0 Å². The first-order valence-electron chi connectivity index (χ1n) is 4.86. The van der Waals surface area contributed by atoms with E-state index in [4.69, 9.17) is 9.15 Å². The lowest BCUT2D eigenvalue weighted by atomic mass is 10.1. The molecule has 2 heterocycles. The number of nitrogens with zero attached hydrogens (tertiary/aromatic N) is 2. The van der Waals surface area contributed by atoms with E-state index in [0.717, 1.165) is 0 Å². The second-order valence-electron chi connectivity index (χ2n) is 3.29. The van der Waals surface area contributed by atoms with E-state index >= 15 is 0 Å². The molecular weight excluding hydrogens is 208 g/mol. The Bertz CT molecular complexity index is 442. The Kier molecular flexibility index (Phi) is 3.16. The highest BCUT2D eigenvalue weighted by Crippen LogP contribution is 2.18. The Morgan fingerprint density at radius 2 is 2.38 bits per heavy atom. The van der Waals surface area contributed by atoms with Gasteiger partial charge in [0.1, 0.15) is 18.2 Å². The number of hydrogen-bond acceptors (Lipinski definition) is 5. The number of furan rings is 1. The number of aliphatic hydroxyl groups excluding tert-OH is 1. The third-order valence-electron chi connectivity index (χ3n) is 2.18. The molecule has 84 valence electrons. The Hall–Kier alpha value is -1.88. The minimum atomic E-state index is -0.699. The monoisotopic (exact) mass is 220 g/mol. The molecule has 5 nitrogen and oxygen atoms in total. The lowest BCUT2D eigenvalue weighted by Crippen LogP contribution is -2.03. The highest BCUT2D eigenvalue weighted by molar-refractivity contribution is 5.15. The molecule has 5 heteroatoms. The van der Waals surface area contributed by atoms with Crippen LogP contribution in [0, 0.1) is 0 Å². The number of aromatic nitrogens is 2. The smallest absolute Gasteiger partial charge is 0.216 e. The highest BCUT2D eigenvalue weighted by atomic mass is 16.5. The van der Waals surface area contributed by atoms with Crippen LogP contribution in [-0.4, -0.2) is 22.2 Å². The molecule has 2 aromatic rings. The zero-order chi connectivity index (χ0) is 11.4. The second-order valence-corrected chi connectivity index (χ2v) is 3.29. The third-order valence-corrected chi connectivity index (χ3v) is 2.18. The fourth-order valence-electron chi connectivity index (χ4n) is 1.38. The van der Waals surface area contributed by atoms with E-state index in [9.17, 15) is 5.11 Å². The maximum Gasteiger partial charge on any atom is 0.216 e. The number of hydrogen-bond donors (Lipinski definition) is 1. The maximum atomic E-state index is 9.83. The molecule has 0 saturated carbocycles. The van der Waals surface area contributed by atoms with Crippen LogP contribution >= 0.6 is 0 Å². The molecule has 0 radical (unpaired) electrons. The number of aliphatic hydroxyl groups is 1. The van der Waals surface area contributed by atoms with Gasteiger partial charge in [-0.25, -0.2) is 9.97 Å². The molecule has 2 rings (SSSR count). The van der Waals surface area contributed by atoms with Gasteiger partial charge in [0.2, 0.25) is 5.88 Å². The molecule has 0 aromatic carbocycles. The van der Waals surface area contributed by atoms with Crippen molar-refractivity contribution in [1.29, 1.82) is 0 Å². The largest absolute Gasteiger partial charge is 0.481 e. The molecule has 0 aliphatic carbocycles. The Labute approximate surface area is 92.7 Å². The van der Waals surface area contributed by atoms with Gasteiger partial charge in [-0.1, -0.05) is 0 Å². The van der Waals surface area contributed by atoms with Crippen LogP contribution in [0.1, 0.15) is 17.6 Å². The lowest BCUT2D eigenvalue weighted by Gasteiger charge is -2.07. The van der Waals surface area contributed by atoms with Crippen LogP contribution in [0.5, 0.6) is 5.88 Å². The minimum absolute atomic E-state index is 0.367. The van der Waals surface area contributed by atoms with Gasteiger partial charge in [-0.2, -0.15) is 0 Å². The van der Waals surface area contributed by atoms with Gasteiger partial charge in [0.05, 0.1) is 19.1 Å². The molecule has 16 heavy (non-hydrogen) atoms. The molecule has 0 aliphatic rings. The SMILES string of the molecule is COc1cc(CC(O)c2ccco2)ncn1. The zero-order valence-corrected chi connectivity index (χ0v) is 8.83. The highest BCUT2D eigenvalue weighted by Gasteiger charge is 2.12. The summed E-state index contributed by atoms with van der Waals surface area (Å²) < 4.78 is 10.1. The molecule has 0 bridgehead atoms. The van der Waals surface area contributed by atoms with E-state index in [1.54, 1.807) is 18.2 Å². The van der Waals surface area contributed by atoms with Crippen LogP contribution in [0.3, 0.4) is 0 Å². The number of ether oxygens (including phenoxy) is 1. The molecule has 1 atom stereocenters. The molecule has 0 aliphatic heterocycles. The predicted octanol–water partition coefficient (Wildman–Crippen LogP) is 1.35. The van der Waals surface area contributed by atoms with Gasteiger partial charge >= 0.3 is 0 Å². The topological polar surface area (TPSA) is 68.4 Å². The third kappa shape index (κ3) is 2.38. The second kappa shape index (κ2) is 4.76. The summed E-state index contributed by atoms with van der Waals surface area (Å²) in [4.78, 5) is 7.93. The van der Waals surface area contributed by atoms with Crippen molar-refractivity contribution in [3.05, 3.63) is 42.2 Å². The van der Waals surface area contributed by atoms with Crippen LogP contribution in [0.2, 0.25) is 0 Å². The van der Waals surface area contributed by atoms with E-state index in [2.05, 4.69) is 9.97 Å². The van der Waals surface area contributed by atoms with Gasteiger partial charge in [-0.05, 0) is 12.1 Å². The summed E-state index contributed by atoms with van der Waals surface area (Å²) in [5, 5.41) is 9.83. The average Bonchev–Trinajstić information content (AvgIpc) is 2.83. The summed E-state index contributed by atoms with van der Waals surface area (Å²) in [6.07, 6.45) is 2.60. The summed E-state index contributed by atoms with van der Waals surface area (Å²) in [6, 6.07) is 5.15. The van der Waals surface area contributed by atoms with Gasteiger partial charge in [0.25, 0.3) is 0 Å². The van der Waals surface area contributed by atoms with E-state index in [0.29, 0.717) is 23.8 Å². The van der Waals surface area contributed by atoms with Crippen molar-refractivity contribution in [2.45, 2.75) is 12.5 Å². The summed E-state index contributed by atoms with van der Waals surface area (Å²) in [6.45, 7) is 0. The standard InChI is InChI=1S/C11H12N2O3/c1-15-11-6-8(12-7-13-11)5-9(14)10-3-2-4-16-10/h2-4,6-7,9,14H,5H2,1H3. The van der Waals surface area contributed by atoms with Crippen molar-refractivity contribution in [3.8, 4) is 5.88 Å². The molecule has 1 unspecified atom stereocenters. The molecule has 2 aromatic heterocycles. The van der Waals surface area contributed by atoms with Crippen LogP contribution in [0.15, 0.2) is 35.2 Å². The first-order valence-corrected chi connectivity index (χ1v) is 4.86. The fraction of sp³-hybridized carbons (Fsp3) is 0.273. The number of methoxy groups -OCH3 is 1. The Morgan fingerprint density at radius 1 is 1.50 bits per heavy atom. The zero-order valence-electron chi connectivity index (χ0n) is 8.83.